The van der Waals surface area contributed by atoms with E-state index in [-0.39, 0.29) is 11.5 Å². The van der Waals surface area contributed by atoms with Gasteiger partial charge in [-0.05, 0) is 78.1 Å². The van der Waals surface area contributed by atoms with E-state index in [9.17, 15) is 4.79 Å². The Bertz CT molecular complexity index is 1760. The number of halogens is 1. The monoisotopic (exact) mass is 595 g/mol. The molecular formula is C33H30BrN3O3. The predicted molar refractivity (Wildman–Crippen MR) is 165 cm³/mol. The number of aryl methyl sites for hydroxylation is 1. The van der Waals surface area contributed by atoms with Crippen LogP contribution in [0.3, 0.4) is 0 Å². The molecule has 0 unspecified atom stereocenters. The van der Waals surface area contributed by atoms with E-state index in [2.05, 4.69) is 40.9 Å². The third-order valence-corrected chi connectivity index (χ3v) is 7.26. The lowest BCUT2D eigenvalue weighted by Crippen LogP contribution is -2.21. The van der Waals surface area contributed by atoms with Gasteiger partial charge in [-0.3, -0.25) is 4.79 Å². The molecule has 0 aliphatic carbocycles. The van der Waals surface area contributed by atoms with E-state index < -0.39 is 0 Å². The average molecular weight is 597 g/mol. The fraction of sp³-hybridized carbons (Fsp3) is 0.182. The zero-order valence-electron chi connectivity index (χ0n) is 22.9. The molecule has 0 spiro atoms. The molecule has 1 aromatic heterocycles. The van der Waals surface area contributed by atoms with E-state index in [0.717, 1.165) is 38.0 Å². The smallest absolute Gasteiger partial charge is 0.282 e. The summed E-state index contributed by atoms with van der Waals surface area (Å²) >= 11 is 3.46. The number of para-hydroxylation sites is 2. The molecule has 0 saturated carbocycles. The van der Waals surface area contributed by atoms with Crippen LogP contribution in [0, 0.1) is 6.92 Å². The molecule has 1 heterocycles. The van der Waals surface area contributed by atoms with E-state index in [1.54, 1.807) is 19.4 Å². The second-order valence-electron chi connectivity index (χ2n) is 9.83. The Morgan fingerprint density at radius 3 is 2.45 bits per heavy atom. The Morgan fingerprint density at radius 1 is 0.975 bits per heavy atom. The van der Waals surface area contributed by atoms with Crippen molar-refractivity contribution in [1.29, 1.82) is 0 Å². The van der Waals surface area contributed by atoms with Gasteiger partial charge in [0.15, 0.2) is 5.82 Å². The van der Waals surface area contributed by atoms with Crippen molar-refractivity contribution in [3.8, 4) is 22.9 Å². The molecule has 0 saturated heterocycles. The fourth-order valence-electron chi connectivity index (χ4n) is 4.55. The Morgan fingerprint density at radius 2 is 1.70 bits per heavy atom. The average Bonchev–Trinajstić information content (AvgIpc) is 2.96. The zero-order chi connectivity index (χ0) is 28.2. The SMILES string of the molecule is COc1cc(C)c(-c2nc3ccccc3c(=O)n2N=Cc2ccccc2OCc2ccc(Br)cc2)cc1C(C)C. The molecule has 5 rings (SSSR count). The standard InChI is InChI=1S/C33H30BrN3O3/c1-21(2)27-18-28(22(3)17-31(27)39-4)32-36-29-11-7-6-10-26(29)33(38)37(32)35-19-24-9-5-8-12-30(24)40-20-23-13-15-25(34)16-14-23/h5-19,21H,20H2,1-4H3. The minimum atomic E-state index is -0.244. The maximum Gasteiger partial charge on any atom is 0.282 e. The Balaban J connectivity index is 1.61. The molecule has 40 heavy (non-hydrogen) atoms. The molecule has 6 nitrogen and oxygen atoms in total. The summed E-state index contributed by atoms with van der Waals surface area (Å²) in [5.74, 6) is 2.16. The van der Waals surface area contributed by atoms with Gasteiger partial charge < -0.3 is 9.47 Å². The molecule has 7 heteroatoms. The van der Waals surface area contributed by atoms with Crippen LogP contribution in [0.1, 0.15) is 42.0 Å². The summed E-state index contributed by atoms with van der Waals surface area (Å²) in [5.41, 5.74) is 4.96. The van der Waals surface area contributed by atoms with Crippen LogP contribution in [-0.2, 0) is 6.61 Å². The first-order chi connectivity index (χ1) is 19.4. The highest BCUT2D eigenvalue weighted by atomic mass is 79.9. The van der Waals surface area contributed by atoms with Crippen LogP contribution in [0.2, 0.25) is 0 Å². The number of aromatic nitrogens is 2. The summed E-state index contributed by atoms with van der Waals surface area (Å²) in [7, 11) is 1.67. The first-order valence-electron chi connectivity index (χ1n) is 13.1. The zero-order valence-corrected chi connectivity index (χ0v) is 24.5. The summed E-state index contributed by atoms with van der Waals surface area (Å²) in [6, 6.07) is 27.0. The molecule has 0 fully saturated rings. The molecule has 0 bridgehead atoms. The molecular weight excluding hydrogens is 566 g/mol. The van der Waals surface area contributed by atoms with Gasteiger partial charge in [-0.15, -0.1) is 0 Å². The van der Waals surface area contributed by atoms with Gasteiger partial charge in [-0.2, -0.15) is 9.78 Å². The molecule has 0 aliphatic heterocycles. The van der Waals surface area contributed by atoms with Crippen molar-refractivity contribution < 1.29 is 9.47 Å². The summed E-state index contributed by atoms with van der Waals surface area (Å²) in [5, 5.41) is 5.19. The van der Waals surface area contributed by atoms with Crippen LogP contribution in [-0.4, -0.2) is 23.0 Å². The highest BCUT2D eigenvalue weighted by Crippen LogP contribution is 2.34. The van der Waals surface area contributed by atoms with Gasteiger partial charge in [-0.1, -0.05) is 66.2 Å². The van der Waals surface area contributed by atoms with E-state index in [0.29, 0.717) is 29.1 Å². The highest BCUT2D eigenvalue weighted by molar-refractivity contribution is 9.10. The Labute approximate surface area is 242 Å². The Hall–Kier alpha value is -4.23. The molecule has 0 radical (unpaired) electrons. The normalized spacial score (nSPS) is 11.4. The molecule has 0 amide bonds. The maximum atomic E-state index is 13.8. The third kappa shape index (κ3) is 5.70. The number of methoxy groups -OCH3 is 1. The number of rotatable bonds is 8. The van der Waals surface area contributed by atoms with Crippen molar-refractivity contribution in [2.45, 2.75) is 33.3 Å². The molecule has 0 N–H and O–H groups in total. The number of nitrogens with zero attached hydrogens (tertiary/aromatic N) is 3. The largest absolute Gasteiger partial charge is 0.496 e. The summed E-state index contributed by atoms with van der Waals surface area (Å²) in [6.07, 6.45) is 1.65. The van der Waals surface area contributed by atoms with Crippen molar-refractivity contribution in [3.63, 3.8) is 0 Å². The first kappa shape index (κ1) is 27.3. The molecule has 5 aromatic rings. The summed E-state index contributed by atoms with van der Waals surface area (Å²) < 4.78 is 14.2. The van der Waals surface area contributed by atoms with E-state index in [4.69, 9.17) is 14.5 Å². The van der Waals surface area contributed by atoms with Crippen LogP contribution in [0.5, 0.6) is 11.5 Å². The van der Waals surface area contributed by atoms with E-state index >= 15 is 0 Å². The van der Waals surface area contributed by atoms with Crippen molar-refractivity contribution in [2.24, 2.45) is 5.10 Å². The topological polar surface area (TPSA) is 65.7 Å². The van der Waals surface area contributed by atoms with Gasteiger partial charge in [-0.25, -0.2) is 4.98 Å². The van der Waals surface area contributed by atoms with Crippen molar-refractivity contribution in [1.82, 2.24) is 9.66 Å². The van der Waals surface area contributed by atoms with E-state index in [1.807, 2.05) is 79.7 Å². The van der Waals surface area contributed by atoms with Crippen LogP contribution in [0.15, 0.2) is 99.3 Å². The first-order valence-corrected chi connectivity index (χ1v) is 13.9. The lowest BCUT2D eigenvalue weighted by molar-refractivity contribution is 0.306. The number of ether oxygens (including phenoxy) is 2. The number of benzene rings is 4. The summed E-state index contributed by atoms with van der Waals surface area (Å²) in [4.78, 5) is 18.7. The maximum absolute atomic E-state index is 13.8. The quantitative estimate of drug-likeness (QED) is 0.172. The summed E-state index contributed by atoms with van der Waals surface area (Å²) in [6.45, 7) is 6.62. The fourth-order valence-corrected chi connectivity index (χ4v) is 4.82. The second-order valence-corrected chi connectivity index (χ2v) is 10.7. The van der Waals surface area contributed by atoms with Crippen LogP contribution in [0.25, 0.3) is 22.3 Å². The van der Waals surface area contributed by atoms with E-state index in [1.165, 1.54) is 4.68 Å². The van der Waals surface area contributed by atoms with Crippen LogP contribution < -0.4 is 15.0 Å². The predicted octanol–water partition coefficient (Wildman–Crippen LogP) is 7.73. The molecule has 4 aromatic carbocycles. The van der Waals surface area contributed by atoms with Gasteiger partial charge in [0, 0.05) is 15.6 Å². The molecule has 0 atom stereocenters. The van der Waals surface area contributed by atoms with Gasteiger partial charge in [0.25, 0.3) is 5.56 Å². The second kappa shape index (κ2) is 11.9. The van der Waals surface area contributed by atoms with Gasteiger partial charge >= 0.3 is 0 Å². The minimum Gasteiger partial charge on any atom is -0.496 e. The third-order valence-electron chi connectivity index (χ3n) is 6.73. The number of fused-ring (bicyclic) bond motifs is 1. The Kier molecular flexibility index (Phi) is 8.12. The lowest BCUT2D eigenvalue weighted by Gasteiger charge is -2.17. The van der Waals surface area contributed by atoms with Gasteiger partial charge in [0.05, 0.1) is 24.2 Å². The lowest BCUT2D eigenvalue weighted by atomic mass is 9.96. The number of hydrogen-bond donors (Lipinski definition) is 0. The molecule has 202 valence electrons. The molecule has 0 aliphatic rings. The van der Waals surface area contributed by atoms with Gasteiger partial charge in [0.2, 0.25) is 0 Å². The van der Waals surface area contributed by atoms with Crippen molar-refractivity contribution in [2.75, 3.05) is 7.11 Å². The van der Waals surface area contributed by atoms with Gasteiger partial charge in [0.1, 0.15) is 18.1 Å². The van der Waals surface area contributed by atoms with Crippen molar-refractivity contribution in [3.05, 3.63) is 122 Å². The van der Waals surface area contributed by atoms with Crippen molar-refractivity contribution >= 4 is 33.0 Å². The highest BCUT2D eigenvalue weighted by Gasteiger charge is 2.18. The number of hydrogen-bond acceptors (Lipinski definition) is 5. The van der Waals surface area contributed by atoms with Crippen LogP contribution >= 0.6 is 15.9 Å². The minimum absolute atomic E-state index is 0.216. The van der Waals surface area contributed by atoms with Crippen LogP contribution in [0.4, 0.5) is 0 Å².